The van der Waals surface area contributed by atoms with Gasteiger partial charge in [0.1, 0.15) is 0 Å². The number of pyridine rings is 1. The smallest absolute Gasteiger partial charge is 0.465 e. The fraction of sp³-hybridized carbons (Fsp3) is 0.538. The van der Waals surface area contributed by atoms with Gasteiger partial charge in [-0.25, -0.2) is 4.79 Å². The minimum Gasteiger partial charge on any atom is -0.465 e. The molecule has 0 aromatic carbocycles. The van der Waals surface area contributed by atoms with E-state index in [9.17, 15) is 4.79 Å². The van der Waals surface area contributed by atoms with Gasteiger partial charge >= 0.3 is 13.2 Å². The van der Waals surface area contributed by atoms with Gasteiger partial charge in [-0.2, -0.15) is 0 Å². The van der Waals surface area contributed by atoms with Crippen molar-refractivity contribution in [2.45, 2.75) is 45.8 Å². The summed E-state index contributed by atoms with van der Waals surface area (Å²) in [7, 11) is -0.553. The Hall–Kier alpha value is -1.60. The van der Waals surface area contributed by atoms with E-state index in [1.165, 1.54) is 6.20 Å². The molecule has 2 heterocycles. The fourth-order valence-corrected chi connectivity index (χ4v) is 1.95. The zero-order valence-corrected chi connectivity index (χ0v) is 12.4. The Morgan fingerprint density at radius 1 is 1.30 bits per heavy atom. The lowest BCUT2D eigenvalue weighted by Gasteiger charge is -2.32. The molecule has 2 N–H and O–H groups in total. The largest absolute Gasteiger partial charge is 0.496 e. The number of hydrogen-bond acceptors (Lipinski definition) is 4. The zero-order valence-electron chi connectivity index (χ0n) is 12.4. The van der Waals surface area contributed by atoms with E-state index in [4.69, 9.17) is 14.4 Å². The molecule has 0 radical (unpaired) electrons. The molecule has 1 aromatic heterocycles. The predicted molar refractivity (Wildman–Crippen MR) is 76.3 cm³/mol. The number of nitrogens with one attached hydrogen (secondary N) is 1. The van der Waals surface area contributed by atoms with Crippen LogP contribution in [-0.4, -0.2) is 34.5 Å². The van der Waals surface area contributed by atoms with Crippen LogP contribution in [0.2, 0.25) is 0 Å². The first kappa shape index (κ1) is 14.8. The molecule has 7 heteroatoms. The quantitative estimate of drug-likeness (QED) is 0.806. The Bertz CT molecular complexity index is 529. The Kier molecular flexibility index (Phi) is 3.52. The predicted octanol–water partition coefficient (Wildman–Crippen LogP) is 1.78. The maximum absolute atomic E-state index is 10.7. The first-order chi connectivity index (χ1) is 9.12. The summed E-state index contributed by atoms with van der Waals surface area (Å²) in [6.45, 7) is 9.71. The van der Waals surface area contributed by atoms with Crippen LogP contribution in [0, 0.1) is 6.92 Å². The second kappa shape index (κ2) is 4.75. The molecular formula is C13H19BN2O4. The topological polar surface area (TPSA) is 80.7 Å². The summed E-state index contributed by atoms with van der Waals surface area (Å²) < 4.78 is 11.9. The summed E-state index contributed by atoms with van der Waals surface area (Å²) in [5, 5.41) is 11.0. The van der Waals surface area contributed by atoms with E-state index in [0.29, 0.717) is 5.69 Å². The van der Waals surface area contributed by atoms with Crippen molar-refractivity contribution in [3.8, 4) is 0 Å². The number of nitrogens with zero attached hydrogens (tertiary/aromatic N) is 1. The highest BCUT2D eigenvalue weighted by atomic mass is 16.7. The molecule has 1 aliphatic rings. The minimum atomic E-state index is -1.13. The van der Waals surface area contributed by atoms with E-state index in [1.54, 1.807) is 6.07 Å². The van der Waals surface area contributed by atoms with Gasteiger partial charge in [-0.3, -0.25) is 10.3 Å². The summed E-state index contributed by atoms with van der Waals surface area (Å²) in [6.07, 6.45) is 0.341. The van der Waals surface area contributed by atoms with Crippen LogP contribution in [0.4, 0.5) is 10.5 Å². The second-order valence-corrected chi connectivity index (χ2v) is 5.92. The number of aromatic nitrogens is 1. The van der Waals surface area contributed by atoms with Crippen LogP contribution in [0.15, 0.2) is 12.3 Å². The standard InChI is InChI=1S/C13H19BN2O4/c1-8-10(6-9(7-15-8)16-11(17)18)14-19-12(2,3)13(4,5)20-14/h6-7,16H,1-5H3,(H,17,18). The van der Waals surface area contributed by atoms with Gasteiger partial charge in [0.15, 0.2) is 0 Å². The van der Waals surface area contributed by atoms with Crippen LogP contribution in [0.25, 0.3) is 0 Å². The van der Waals surface area contributed by atoms with Crippen molar-refractivity contribution in [1.82, 2.24) is 4.98 Å². The van der Waals surface area contributed by atoms with E-state index in [1.807, 2.05) is 34.6 Å². The molecule has 0 bridgehead atoms. The van der Waals surface area contributed by atoms with E-state index < -0.39 is 24.4 Å². The third-order valence-corrected chi connectivity index (χ3v) is 3.88. The number of carbonyl (C=O) groups is 1. The molecule has 1 saturated heterocycles. The number of aryl methyl sites for hydroxylation is 1. The van der Waals surface area contributed by atoms with E-state index in [-0.39, 0.29) is 0 Å². The molecule has 0 aliphatic carbocycles. The molecule has 6 nitrogen and oxygen atoms in total. The van der Waals surface area contributed by atoms with E-state index in [0.717, 1.165) is 11.2 Å². The number of carboxylic acid groups (broad SMARTS) is 1. The molecule has 20 heavy (non-hydrogen) atoms. The Balaban J connectivity index is 2.32. The van der Waals surface area contributed by atoms with Crippen molar-refractivity contribution in [3.63, 3.8) is 0 Å². The monoisotopic (exact) mass is 278 g/mol. The maximum atomic E-state index is 10.7. The maximum Gasteiger partial charge on any atom is 0.496 e. The molecule has 1 aromatic rings. The molecule has 0 atom stereocenters. The van der Waals surface area contributed by atoms with Crippen molar-refractivity contribution in [2.24, 2.45) is 0 Å². The average Bonchev–Trinajstić information content (AvgIpc) is 2.50. The summed E-state index contributed by atoms with van der Waals surface area (Å²) in [5.74, 6) is 0. The summed E-state index contributed by atoms with van der Waals surface area (Å²) >= 11 is 0. The van der Waals surface area contributed by atoms with Gasteiger partial charge < -0.3 is 14.4 Å². The number of hydrogen-bond donors (Lipinski definition) is 2. The fourth-order valence-electron chi connectivity index (χ4n) is 1.95. The summed E-state index contributed by atoms with van der Waals surface area (Å²) in [5.41, 5.74) is 0.989. The summed E-state index contributed by atoms with van der Waals surface area (Å²) in [6, 6.07) is 1.69. The number of rotatable bonds is 2. The van der Waals surface area contributed by atoms with Gasteiger partial charge in [-0.1, -0.05) is 0 Å². The molecule has 0 saturated carbocycles. The van der Waals surface area contributed by atoms with Crippen LogP contribution in [0.5, 0.6) is 0 Å². The minimum absolute atomic E-state index is 0.396. The van der Waals surface area contributed by atoms with Crippen LogP contribution >= 0.6 is 0 Å². The highest BCUT2D eigenvalue weighted by Crippen LogP contribution is 2.36. The molecular weight excluding hydrogens is 259 g/mol. The normalized spacial score (nSPS) is 19.9. The summed E-state index contributed by atoms with van der Waals surface area (Å²) in [4.78, 5) is 14.9. The zero-order chi connectivity index (χ0) is 15.1. The molecule has 108 valence electrons. The van der Waals surface area contributed by atoms with E-state index in [2.05, 4.69) is 10.3 Å². The highest BCUT2D eigenvalue weighted by molar-refractivity contribution is 6.62. The van der Waals surface area contributed by atoms with Gasteiger partial charge in [0.05, 0.1) is 23.1 Å². The van der Waals surface area contributed by atoms with E-state index >= 15 is 0 Å². The van der Waals surface area contributed by atoms with Crippen molar-refractivity contribution >= 4 is 24.4 Å². The second-order valence-electron chi connectivity index (χ2n) is 5.92. The van der Waals surface area contributed by atoms with Gasteiger partial charge in [0, 0.05) is 11.2 Å². The molecule has 0 unspecified atom stereocenters. The van der Waals surface area contributed by atoms with Crippen molar-refractivity contribution in [2.75, 3.05) is 5.32 Å². The molecule has 1 amide bonds. The lowest BCUT2D eigenvalue weighted by Crippen LogP contribution is -2.41. The lowest BCUT2D eigenvalue weighted by molar-refractivity contribution is 0.00578. The van der Waals surface area contributed by atoms with Crippen LogP contribution in [-0.2, 0) is 9.31 Å². The number of anilines is 1. The van der Waals surface area contributed by atoms with Gasteiger partial charge in [0.25, 0.3) is 0 Å². The van der Waals surface area contributed by atoms with Crippen molar-refractivity contribution in [3.05, 3.63) is 18.0 Å². The molecule has 1 aliphatic heterocycles. The molecule has 1 fully saturated rings. The Morgan fingerprint density at radius 2 is 1.85 bits per heavy atom. The third-order valence-electron chi connectivity index (χ3n) is 3.88. The SMILES string of the molecule is Cc1ncc(NC(=O)O)cc1B1OC(C)(C)C(C)(C)O1. The average molecular weight is 278 g/mol. The van der Waals surface area contributed by atoms with Crippen LogP contribution in [0.3, 0.4) is 0 Å². The molecule has 0 spiro atoms. The molecule has 2 rings (SSSR count). The van der Waals surface area contributed by atoms with Crippen molar-refractivity contribution < 1.29 is 19.2 Å². The number of amides is 1. The van der Waals surface area contributed by atoms with Gasteiger partial charge in [0.2, 0.25) is 0 Å². The van der Waals surface area contributed by atoms with Crippen molar-refractivity contribution in [1.29, 1.82) is 0 Å². The van der Waals surface area contributed by atoms with Gasteiger partial charge in [-0.05, 0) is 40.7 Å². The highest BCUT2D eigenvalue weighted by Gasteiger charge is 2.52. The first-order valence-corrected chi connectivity index (χ1v) is 6.44. The van der Waals surface area contributed by atoms with Crippen LogP contribution < -0.4 is 10.8 Å². The Labute approximate surface area is 118 Å². The lowest BCUT2D eigenvalue weighted by atomic mass is 9.78. The Morgan fingerprint density at radius 3 is 2.35 bits per heavy atom. The third kappa shape index (κ3) is 2.64. The first-order valence-electron chi connectivity index (χ1n) is 6.44. The van der Waals surface area contributed by atoms with Crippen LogP contribution in [0.1, 0.15) is 33.4 Å². The van der Waals surface area contributed by atoms with Gasteiger partial charge in [-0.15, -0.1) is 0 Å².